The fourth-order valence-electron chi connectivity index (χ4n) is 1.78. The van der Waals surface area contributed by atoms with Crippen molar-refractivity contribution in [1.82, 2.24) is 0 Å². The summed E-state index contributed by atoms with van der Waals surface area (Å²) in [6, 6.07) is 8.06. The lowest BCUT2D eigenvalue weighted by atomic mass is 9.86. The van der Waals surface area contributed by atoms with Crippen LogP contribution in [0.1, 0.15) is 12.5 Å². The number of aryl methyl sites for hydroxylation is 1. The van der Waals surface area contributed by atoms with Crippen LogP contribution in [0.15, 0.2) is 24.3 Å². The Hall–Kier alpha value is -1.55. The van der Waals surface area contributed by atoms with E-state index in [1.165, 1.54) is 5.56 Å². The molecule has 1 aliphatic heterocycles. The van der Waals surface area contributed by atoms with Crippen LogP contribution in [-0.4, -0.2) is 30.8 Å². The Balaban J connectivity index is 1.94. The molecule has 0 bridgehead atoms. The standard InChI is InChI=1S/C13H17NO3/c1-2-10-3-5-11(6-4-10)14-7-13(12(15)16)8-17-9-13/h3-6,14H,2,7-9H2,1H3,(H,15,16). The Morgan fingerprint density at radius 1 is 1.41 bits per heavy atom. The van der Waals surface area contributed by atoms with Crippen molar-refractivity contribution in [3.8, 4) is 0 Å². The van der Waals surface area contributed by atoms with Crippen molar-refractivity contribution >= 4 is 11.7 Å². The highest BCUT2D eigenvalue weighted by molar-refractivity contribution is 5.77. The van der Waals surface area contributed by atoms with Crippen molar-refractivity contribution < 1.29 is 14.6 Å². The number of rotatable bonds is 5. The number of hydrogen-bond acceptors (Lipinski definition) is 3. The van der Waals surface area contributed by atoms with Gasteiger partial charge in [-0.1, -0.05) is 19.1 Å². The molecule has 0 atom stereocenters. The van der Waals surface area contributed by atoms with Gasteiger partial charge in [0.15, 0.2) is 0 Å². The smallest absolute Gasteiger partial charge is 0.316 e. The molecular weight excluding hydrogens is 218 g/mol. The second-order valence-corrected chi connectivity index (χ2v) is 4.48. The molecule has 0 spiro atoms. The highest BCUT2D eigenvalue weighted by Crippen LogP contribution is 2.28. The topological polar surface area (TPSA) is 58.6 Å². The van der Waals surface area contributed by atoms with E-state index in [0.717, 1.165) is 12.1 Å². The SMILES string of the molecule is CCc1ccc(NCC2(C(=O)O)COC2)cc1. The number of carboxylic acids is 1. The van der Waals surface area contributed by atoms with E-state index in [2.05, 4.69) is 12.2 Å². The third-order valence-corrected chi connectivity index (χ3v) is 3.20. The zero-order chi connectivity index (χ0) is 12.3. The predicted molar refractivity (Wildman–Crippen MR) is 65.2 cm³/mol. The van der Waals surface area contributed by atoms with Crippen LogP contribution < -0.4 is 5.32 Å². The molecular formula is C13H17NO3. The van der Waals surface area contributed by atoms with Crippen molar-refractivity contribution in [3.05, 3.63) is 29.8 Å². The minimum Gasteiger partial charge on any atom is -0.481 e. The number of carboxylic acid groups (broad SMARTS) is 1. The van der Waals surface area contributed by atoms with Crippen molar-refractivity contribution in [2.45, 2.75) is 13.3 Å². The lowest BCUT2D eigenvalue weighted by molar-refractivity contribution is -0.176. The van der Waals surface area contributed by atoms with E-state index >= 15 is 0 Å². The first-order valence-electron chi connectivity index (χ1n) is 5.80. The maximum atomic E-state index is 11.1. The lowest BCUT2D eigenvalue weighted by Crippen LogP contribution is -2.53. The van der Waals surface area contributed by atoms with E-state index in [1.807, 2.05) is 24.3 Å². The largest absolute Gasteiger partial charge is 0.481 e. The fraction of sp³-hybridized carbons (Fsp3) is 0.462. The van der Waals surface area contributed by atoms with Crippen LogP contribution in [0.3, 0.4) is 0 Å². The van der Waals surface area contributed by atoms with Gasteiger partial charge < -0.3 is 15.2 Å². The molecule has 0 unspecified atom stereocenters. The molecule has 1 saturated heterocycles. The molecule has 2 rings (SSSR count). The summed E-state index contributed by atoms with van der Waals surface area (Å²) in [6.45, 7) is 3.10. The van der Waals surface area contributed by atoms with Gasteiger partial charge in [0.1, 0.15) is 5.41 Å². The number of nitrogens with one attached hydrogen (secondary N) is 1. The predicted octanol–water partition coefficient (Wildman–Crippen LogP) is 1.76. The molecule has 4 heteroatoms. The molecule has 0 aliphatic carbocycles. The highest BCUT2D eigenvalue weighted by atomic mass is 16.5. The molecule has 0 saturated carbocycles. The van der Waals surface area contributed by atoms with E-state index in [0.29, 0.717) is 19.8 Å². The average molecular weight is 235 g/mol. The summed E-state index contributed by atoms with van der Waals surface area (Å²) in [5, 5.41) is 12.3. The normalized spacial score (nSPS) is 17.2. The molecule has 0 radical (unpaired) electrons. The zero-order valence-electron chi connectivity index (χ0n) is 9.90. The number of ether oxygens (including phenoxy) is 1. The summed E-state index contributed by atoms with van der Waals surface area (Å²) in [5.41, 5.74) is 1.48. The Kier molecular flexibility index (Phi) is 3.33. The summed E-state index contributed by atoms with van der Waals surface area (Å²) in [6.07, 6.45) is 1.01. The molecule has 1 heterocycles. The van der Waals surface area contributed by atoms with Crippen LogP contribution in [-0.2, 0) is 16.0 Å². The van der Waals surface area contributed by atoms with E-state index in [9.17, 15) is 4.79 Å². The van der Waals surface area contributed by atoms with Crippen LogP contribution in [0.2, 0.25) is 0 Å². The molecule has 1 aromatic rings. The zero-order valence-corrected chi connectivity index (χ0v) is 9.90. The molecule has 4 nitrogen and oxygen atoms in total. The first-order valence-corrected chi connectivity index (χ1v) is 5.80. The number of benzene rings is 1. The van der Waals surface area contributed by atoms with Gasteiger partial charge in [-0.2, -0.15) is 0 Å². The van der Waals surface area contributed by atoms with Crippen LogP contribution in [0, 0.1) is 5.41 Å². The van der Waals surface area contributed by atoms with Gasteiger partial charge in [-0.3, -0.25) is 4.79 Å². The molecule has 0 aromatic heterocycles. The van der Waals surface area contributed by atoms with Crippen molar-refractivity contribution in [2.24, 2.45) is 5.41 Å². The number of anilines is 1. The van der Waals surface area contributed by atoms with Crippen LogP contribution in [0.5, 0.6) is 0 Å². The summed E-state index contributed by atoms with van der Waals surface area (Å²) >= 11 is 0. The van der Waals surface area contributed by atoms with Gasteiger partial charge in [0, 0.05) is 12.2 Å². The molecule has 92 valence electrons. The summed E-state index contributed by atoms with van der Waals surface area (Å²) in [5.74, 6) is -0.790. The Bertz CT molecular complexity index is 396. The lowest BCUT2D eigenvalue weighted by Gasteiger charge is -2.37. The minimum atomic E-state index is -0.790. The molecule has 1 aromatic carbocycles. The van der Waals surface area contributed by atoms with Crippen molar-refractivity contribution in [1.29, 1.82) is 0 Å². The summed E-state index contributed by atoms with van der Waals surface area (Å²) in [4.78, 5) is 11.1. The first kappa shape index (κ1) is 11.9. The first-order chi connectivity index (χ1) is 8.16. The summed E-state index contributed by atoms with van der Waals surface area (Å²) in [7, 11) is 0. The maximum absolute atomic E-state index is 11.1. The van der Waals surface area contributed by atoms with Gasteiger partial charge in [0.25, 0.3) is 0 Å². The summed E-state index contributed by atoms with van der Waals surface area (Å²) < 4.78 is 5.00. The second kappa shape index (κ2) is 4.75. The quantitative estimate of drug-likeness (QED) is 0.816. The third kappa shape index (κ3) is 2.42. The number of aliphatic carboxylic acids is 1. The number of hydrogen-bond donors (Lipinski definition) is 2. The van der Waals surface area contributed by atoms with Crippen LogP contribution in [0.4, 0.5) is 5.69 Å². The van der Waals surface area contributed by atoms with Gasteiger partial charge in [0.05, 0.1) is 13.2 Å². The van der Waals surface area contributed by atoms with Gasteiger partial charge >= 0.3 is 5.97 Å². The highest BCUT2D eigenvalue weighted by Gasteiger charge is 2.46. The molecule has 2 N–H and O–H groups in total. The Morgan fingerprint density at radius 3 is 2.47 bits per heavy atom. The monoisotopic (exact) mass is 235 g/mol. The molecule has 1 aliphatic rings. The van der Waals surface area contributed by atoms with Gasteiger partial charge in [-0.25, -0.2) is 0 Å². The number of carbonyl (C=O) groups is 1. The van der Waals surface area contributed by atoms with Gasteiger partial charge in [-0.05, 0) is 24.1 Å². The minimum absolute atomic E-state index is 0.294. The average Bonchev–Trinajstić information content (AvgIpc) is 2.28. The molecule has 0 amide bonds. The second-order valence-electron chi connectivity index (χ2n) is 4.48. The van der Waals surface area contributed by atoms with Gasteiger partial charge in [-0.15, -0.1) is 0 Å². The Morgan fingerprint density at radius 2 is 2.06 bits per heavy atom. The van der Waals surface area contributed by atoms with E-state index in [4.69, 9.17) is 9.84 Å². The molecule has 17 heavy (non-hydrogen) atoms. The van der Waals surface area contributed by atoms with Crippen molar-refractivity contribution in [3.63, 3.8) is 0 Å². The molecule has 1 fully saturated rings. The van der Waals surface area contributed by atoms with Crippen molar-refractivity contribution in [2.75, 3.05) is 25.1 Å². The van der Waals surface area contributed by atoms with Crippen LogP contribution >= 0.6 is 0 Å². The van der Waals surface area contributed by atoms with Crippen LogP contribution in [0.25, 0.3) is 0 Å². The third-order valence-electron chi connectivity index (χ3n) is 3.20. The van der Waals surface area contributed by atoms with E-state index in [-0.39, 0.29) is 0 Å². The Labute approximate surface area is 101 Å². The van der Waals surface area contributed by atoms with Gasteiger partial charge in [0.2, 0.25) is 0 Å². The fourth-order valence-corrected chi connectivity index (χ4v) is 1.78. The maximum Gasteiger partial charge on any atom is 0.316 e. The van der Waals surface area contributed by atoms with E-state index < -0.39 is 11.4 Å². The van der Waals surface area contributed by atoms with E-state index in [1.54, 1.807) is 0 Å².